The van der Waals surface area contributed by atoms with Gasteiger partial charge in [0.1, 0.15) is 0 Å². The molecule has 0 bridgehead atoms. The van der Waals surface area contributed by atoms with Crippen LogP contribution in [0.25, 0.3) is 0 Å². The van der Waals surface area contributed by atoms with E-state index in [4.69, 9.17) is 9.05 Å². The van der Waals surface area contributed by atoms with Crippen LogP contribution >= 0.6 is 7.60 Å². The van der Waals surface area contributed by atoms with Crippen LogP contribution in [0.5, 0.6) is 0 Å². The number of carbonyl (C=O) groups is 1. The summed E-state index contributed by atoms with van der Waals surface area (Å²) in [5, 5.41) is 0. The Bertz CT molecular complexity index is 624. The van der Waals surface area contributed by atoms with E-state index in [9.17, 15) is 9.36 Å². The highest BCUT2D eigenvalue weighted by atomic mass is 31.2. The Morgan fingerprint density at radius 1 is 0.962 bits per heavy atom. The maximum Gasteiger partial charge on any atom is 0.357 e. The molecule has 1 amide bonds. The zero-order valence-electron chi connectivity index (χ0n) is 16.3. The van der Waals surface area contributed by atoms with Crippen LogP contribution in [-0.4, -0.2) is 30.6 Å². The minimum Gasteiger partial charge on any atom is -0.320 e. The number of amides is 1. The van der Waals surface area contributed by atoms with Gasteiger partial charge in [0, 0.05) is 12.1 Å². The molecule has 26 heavy (non-hydrogen) atoms. The molecule has 0 spiro atoms. The monoisotopic (exact) mass is 381 g/mol. The Hall–Kier alpha value is -1.16. The highest BCUT2D eigenvalue weighted by Crippen LogP contribution is 2.64. The van der Waals surface area contributed by atoms with Crippen LogP contribution in [0.1, 0.15) is 81.0 Å². The first kappa shape index (κ1) is 21.1. The Kier molecular flexibility index (Phi) is 8.33. The molecule has 1 aromatic carbocycles. The second-order valence-electron chi connectivity index (χ2n) is 6.60. The fourth-order valence-electron chi connectivity index (χ4n) is 3.52. The van der Waals surface area contributed by atoms with Gasteiger partial charge >= 0.3 is 7.60 Å². The first-order chi connectivity index (χ1) is 12.6. The molecule has 1 heterocycles. The van der Waals surface area contributed by atoms with Crippen molar-refractivity contribution in [2.24, 2.45) is 0 Å². The zero-order valence-corrected chi connectivity index (χ0v) is 17.2. The molecular formula is C20H32NO4P. The smallest absolute Gasteiger partial charge is 0.320 e. The van der Waals surface area contributed by atoms with Crippen LogP contribution < -0.4 is 0 Å². The van der Waals surface area contributed by atoms with Crippen molar-refractivity contribution in [2.45, 2.75) is 65.1 Å². The summed E-state index contributed by atoms with van der Waals surface area (Å²) in [6.07, 6.45) is 6.83. The summed E-state index contributed by atoms with van der Waals surface area (Å²) < 4.78 is 24.6. The molecule has 0 fully saturated rings. The fraction of sp³-hybridized carbons (Fsp3) is 0.650. The van der Waals surface area contributed by atoms with Crippen molar-refractivity contribution in [1.29, 1.82) is 0 Å². The van der Waals surface area contributed by atoms with E-state index in [0.717, 1.165) is 18.4 Å². The normalized spacial score (nSPS) is 17.0. The van der Waals surface area contributed by atoms with Gasteiger partial charge in [-0.1, -0.05) is 57.2 Å². The number of hydrogen-bond acceptors (Lipinski definition) is 4. The molecule has 5 nitrogen and oxygen atoms in total. The average molecular weight is 381 g/mol. The van der Waals surface area contributed by atoms with Gasteiger partial charge in [0.15, 0.2) is 5.78 Å². The lowest BCUT2D eigenvalue weighted by Gasteiger charge is -2.31. The topological polar surface area (TPSA) is 55.8 Å². The third kappa shape index (κ3) is 4.76. The van der Waals surface area contributed by atoms with Gasteiger partial charge in [0.25, 0.3) is 5.91 Å². The first-order valence-electron chi connectivity index (χ1n) is 9.87. The van der Waals surface area contributed by atoms with Crippen molar-refractivity contribution in [3.8, 4) is 0 Å². The summed E-state index contributed by atoms with van der Waals surface area (Å²) in [5.41, 5.74) is 1.37. The lowest BCUT2D eigenvalue weighted by molar-refractivity contribution is 0.0733. The fourth-order valence-corrected chi connectivity index (χ4v) is 5.72. The molecule has 2 rings (SSSR count). The van der Waals surface area contributed by atoms with Crippen molar-refractivity contribution >= 4 is 13.5 Å². The number of benzene rings is 1. The van der Waals surface area contributed by atoms with Crippen LogP contribution in [0.15, 0.2) is 24.3 Å². The van der Waals surface area contributed by atoms with E-state index in [1.165, 1.54) is 25.7 Å². The summed E-state index contributed by atoms with van der Waals surface area (Å²) in [4.78, 5) is 14.6. The van der Waals surface area contributed by atoms with E-state index in [0.29, 0.717) is 12.1 Å². The molecule has 0 aromatic heterocycles. The second-order valence-corrected chi connectivity index (χ2v) is 8.69. The van der Waals surface area contributed by atoms with E-state index in [1.54, 1.807) is 24.8 Å². The number of hydrogen-bond donors (Lipinski definition) is 0. The molecule has 1 aliphatic heterocycles. The SMILES string of the molecule is CCCCCCCCN1C(=O)c2ccccc2C1P(=O)(OCC)OCC. The van der Waals surface area contributed by atoms with Gasteiger partial charge < -0.3 is 13.9 Å². The minimum atomic E-state index is -3.45. The molecule has 0 saturated heterocycles. The molecule has 0 radical (unpaired) electrons. The summed E-state index contributed by atoms with van der Waals surface area (Å²) >= 11 is 0. The summed E-state index contributed by atoms with van der Waals surface area (Å²) in [6.45, 7) is 6.95. The third-order valence-electron chi connectivity index (χ3n) is 4.70. The molecular weight excluding hydrogens is 349 g/mol. The maximum atomic E-state index is 13.5. The highest BCUT2D eigenvalue weighted by Gasteiger charge is 2.49. The summed E-state index contributed by atoms with van der Waals surface area (Å²) in [6, 6.07) is 7.38. The number of rotatable bonds is 12. The number of carbonyl (C=O) groups excluding carboxylic acids is 1. The molecule has 6 heteroatoms. The largest absolute Gasteiger partial charge is 0.357 e. The predicted octanol–water partition coefficient (Wildman–Crippen LogP) is 5.77. The van der Waals surface area contributed by atoms with Gasteiger partial charge in [-0.25, -0.2) is 0 Å². The lowest BCUT2D eigenvalue weighted by atomic mass is 10.1. The van der Waals surface area contributed by atoms with Gasteiger partial charge in [-0.05, 0) is 31.9 Å². The molecule has 0 saturated carbocycles. The third-order valence-corrected chi connectivity index (χ3v) is 7.09. The number of fused-ring (bicyclic) bond motifs is 1. The van der Waals surface area contributed by atoms with E-state index in [1.807, 2.05) is 18.2 Å². The molecule has 1 aromatic rings. The van der Waals surface area contributed by atoms with Gasteiger partial charge in [0.2, 0.25) is 0 Å². The van der Waals surface area contributed by atoms with E-state index < -0.39 is 13.4 Å². The highest BCUT2D eigenvalue weighted by molar-refractivity contribution is 7.54. The van der Waals surface area contributed by atoms with Crippen molar-refractivity contribution in [2.75, 3.05) is 19.8 Å². The van der Waals surface area contributed by atoms with Crippen molar-refractivity contribution < 1.29 is 18.4 Å². The van der Waals surface area contributed by atoms with Crippen LogP contribution in [0.4, 0.5) is 0 Å². The Labute approximate surface area is 157 Å². The molecule has 1 aliphatic rings. The van der Waals surface area contributed by atoms with Crippen LogP contribution in [0.3, 0.4) is 0 Å². The Morgan fingerprint density at radius 2 is 1.58 bits per heavy atom. The molecule has 0 N–H and O–H groups in total. The second kappa shape index (κ2) is 10.2. The summed E-state index contributed by atoms with van der Waals surface area (Å²) in [5.74, 6) is -0.708. The number of unbranched alkanes of at least 4 members (excludes halogenated alkanes) is 5. The predicted molar refractivity (Wildman–Crippen MR) is 104 cm³/mol. The summed E-state index contributed by atoms with van der Waals surface area (Å²) in [7, 11) is -3.45. The first-order valence-corrected chi connectivity index (χ1v) is 11.5. The van der Waals surface area contributed by atoms with Crippen molar-refractivity contribution in [3.05, 3.63) is 35.4 Å². The maximum absolute atomic E-state index is 13.5. The van der Waals surface area contributed by atoms with Gasteiger partial charge in [-0.3, -0.25) is 9.36 Å². The number of nitrogens with zero attached hydrogens (tertiary/aromatic N) is 1. The van der Waals surface area contributed by atoms with Gasteiger partial charge in [0.05, 0.1) is 13.2 Å². The average Bonchev–Trinajstić information content (AvgIpc) is 2.91. The van der Waals surface area contributed by atoms with Gasteiger partial charge in [-0.15, -0.1) is 0 Å². The zero-order chi connectivity index (χ0) is 19.0. The van der Waals surface area contributed by atoms with Crippen molar-refractivity contribution in [3.63, 3.8) is 0 Å². The molecule has 0 aliphatic carbocycles. The quantitative estimate of drug-likeness (QED) is 0.341. The van der Waals surface area contributed by atoms with Crippen LogP contribution in [0.2, 0.25) is 0 Å². The van der Waals surface area contributed by atoms with E-state index >= 15 is 0 Å². The van der Waals surface area contributed by atoms with E-state index in [-0.39, 0.29) is 19.1 Å². The van der Waals surface area contributed by atoms with Gasteiger partial charge in [-0.2, -0.15) is 0 Å². The van der Waals surface area contributed by atoms with Crippen LogP contribution in [-0.2, 0) is 13.6 Å². The molecule has 1 atom stereocenters. The van der Waals surface area contributed by atoms with E-state index in [2.05, 4.69) is 6.92 Å². The Balaban J connectivity index is 2.19. The lowest BCUT2D eigenvalue weighted by Crippen LogP contribution is -2.30. The standard InChI is InChI=1S/C20H32NO4P/c1-4-7-8-9-10-13-16-21-19(22)17-14-11-12-15-18(17)20(21)26(23,24-5-2)25-6-3/h11-12,14-15,20H,4-10,13,16H2,1-3H3. The van der Waals surface area contributed by atoms with Crippen LogP contribution in [0, 0.1) is 0 Å². The molecule has 146 valence electrons. The Morgan fingerprint density at radius 3 is 2.23 bits per heavy atom. The molecule has 1 unspecified atom stereocenters. The minimum absolute atomic E-state index is 0.0706. The van der Waals surface area contributed by atoms with Crippen molar-refractivity contribution in [1.82, 2.24) is 4.90 Å².